The summed E-state index contributed by atoms with van der Waals surface area (Å²) in [6.07, 6.45) is -1.51. The van der Waals surface area contributed by atoms with Crippen LogP contribution in [0.25, 0.3) is 0 Å². The number of non-ortho nitro benzene ring substituents is 1. The highest BCUT2D eigenvalue weighted by Gasteiger charge is 2.36. The average molecular weight is 302 g/mol. The van der Waals surface area contributed by atoms with Gasteiger partial charge in [0.15, 0.2) is 0 Å². The number of amides is 3. The van der Waals surface area contributed by atoms with Crippen molar-refractivity contribution in [1.82, 2.24) is 10.2 Å². The molecule has 0 radical (unpaired) electrons. The maximum Gasteiger partial charge on any atom is 0.419 e. The third-order valence-electron chi connectivity index (χ3n) is 3.21. The number of rotatable bonds is 2. The minimum atomic E-state index is -1.51. The number of urea groups is 1. The summed E-state index contributed by atoms with van der Waals surface area (Å²) in [6, 6.07) is 5.44. The number of nitrogens with one attached hydrogen (secondary N) is 1. The highest BCUT2D eigenvalue weighted by atomic mass is 16.6. The number of nitro benzene ring substituents is 1. The molecule has 1 aromatic rings. The molecule has 2 N–H and O–H groups in total. The molecule has 1 aliphatic heterocycles. The minimum absolute atomic E-state index is 0.00231. The molecule has 0 aromatic heterocycles. The normalized spacial score (nSPS) is 17.7. The first kappa shape index (κ1) is 15.0. The summed E-state index contributed by atoms with van der Waals surface area (Å²) in [6.45, 7) is 1.33. The lowest BCUT2D eigenvalue weighted by Gasteiger charge is -2.30. The predicted octanol–water partition coefficient (Wildman–Crippen LogP) is 2.14. The summed E-state index contributed by atoms with van der Waals surface area (Å²) in [7, 11) is 0. The smallest absolute Gasteiger partial charge is 0.419 e. The van der Waals surface area contributed by atoms with Crippen molar-refractivity contribution in [2.24, 2.45) is 0 Å². The summed E-state index contributed by atoms with van der Waals surface area (Å²) in [5.41, 5.74) is 0.101. The lowest BCUT2D eigenvalue weighted by atomic mass is 9.95. The van der Waals surface area contributed by atoms with Crippen molar-refractivity contribution in [2.75, 3.05) is 0 Å². The fourth-order valence-electron chi connectivity index (χ4n) is 2.19. The molecule has 1 heterocycles. The van der Waals surface area contributed by atoms with E-state index in [0.29, 0.717) is 10.5 Å². The molecule has 0 fully saturated rings. The molecule has 0 spiro atoms. The Labute approximate surface area is 124 Å². The summed E-state index contributed by atoms with van der Waals surface area (Å²) in [5.74, 6) is 0. The van der Waals surface area contributed by atoms with Crippen LogP contribution < -0.4 is 5.32 Å². The van der Waals surface area contributed by atoms with Gasteiger partial charge in [0.05, 0.1) is 22.6 Å². The van der Waals surface area contributed by atoms with E-state index in [1.807, 2.05) is 6.07 Å². The van der Waals surface area contributed by atoms with Crippen LogP contribution in [0.1, 0.15) is 18.5 Å². The van der Waals surface area contributed by atoms with Gasteiger partial charge < -0.3 is 10.4 Å². The predicted molar refractivity (Wildman–Crippen MR) is 72.5 cm³/mol. The molecule has 0 saturated carbocycles. The third-order valence-corrected chi connectivity index (χ3v) is 3.21. The molecule has 0 aliphatic carbocycles. The summed E-state index contributed by atoms with van der Waals surface area (Å²) in [4.78, 5) is 33.6. The molecule has 1 atom stereocenters. The Balaban J connectivity index is 2.55. The number of carbonyl (C=O) groups is 2. The van der Waals surface area contributed by atoms with Gasteiger partial charge in [0, 0.05) is 17.8 Å². The molecule has 22 heavy (non-hydrogen) atoms. The first-order chi connectivity index (χ1) is 10.4. The summed E-state index contributed by atoms with van der Waals surface area (Å²) < 4.78 is 0. The van der Waals surface area contributed by atoms with E-state index in [-0.39, 0.29) is 17.0 Å². The highest BCUT2D eigenvalue weighted by molar-refractivity contribution is 5.94. The van der Waals surface area contributed by atoms with Crippen molar-refractivity contribution in [2.45, 2.75) is 13.0 Å². The van der Waals surface area contributed by atoms with Crippen LogP contribution in [0, 0.1) is 21.4 Å². The van der Waals surface area contributed by atoms with Gasteiger partial charge in [-0.1, -0.05) is 12.1 Å². The van der Waals surface area contributed by atoms with Crippen molar-refractivity contribution >= 4 is 17.8 Å². The van der Waals surface area contributed by atoms with E-state index < -0.39 is 23.1 Å². The van der Waals surface area contributed by atoms with E-state index >= 15 is 0 Å². The number of hydrogen-bond donors (Lipinski definition) is 2. The first-order valence-electron chi connectivity index (χ1n) is 6.05. The number of carboxylic acid groups (broad SMARTS) is 1. The quantitative estimate of drug-likeness (QED) is 0.634. The summed E-state index contributed by atoms with van der Waals surface area (Å²) >= 11 is 0. The molecule has 1 aromatic carbocycles. The number of allylic oxidation sites excluding steroid dienone is 1. The van der Waals surface area contributed by atoms with Crippen molar-refractivity contribution in [3.05, 3.63) is 51.2 Å². The standard InChI is InChI=1S/C13H10N4O5/c1-7-10(6-14)11(15-12(18)16(7)13(19)20)8-3-2-4-9(5-8)17(21)22/h2-5,11H,1H3,(H,15,18)(H,19,20). The second-order valence-corrected chi connectivity index (χ2v) is 4.46. The Morgan fingerprint density at radius 1 is 1.55 bits per heavy atom. The molecule has 1 unspecified atom stereocenters. The van der Waals surface area contributed by atoms with Crippen LogP contribution in [0.2, 0.25) is 0 Å². The number of nitrogens with zero attached hydrogens (tertiary/aromatic N) is 3. The molecule has 1 aliphatic rings. The number of nitro groups is 1. The molecule has 0 bridgehead atoms. The minimum Gasteiger partial charge on any atom is -0.464 e. The van der Waals surface area contributed by atoms with Gasteiger partial charge in [-0.2, -0.15) is 5.26 Å². The van der Waals surface area contributed by atoms with Crippen LogP contribution in [0.15, 0.2) is 35.5 Å². The Hall–Kier alpha value is -3.41. The lowest BCUT2D eigenvalue weighted by Crippen LogP contribution is -2.48. The van der Waals surface area contributed by atoms with Gasteiger partial charge in [0.2, 0.25) is 0 Å². The van der Waals surface area contributed by atoms with Crippen molar-refractivity contribution < 1.29 is 19.6 Å². The molecular weight excluding hydrogens is 292 g/mol. The van der Waals surface area contributed by atoms with Gasteiger partial charge in [-0.3, -0.25) is 10.1 Å². The summed E-state index contributed by atoms with van der Waals surface area (Å²) in [5, 5.41) is 31.4. The number of imide groups is 1. The third kappa shape index (κ3) is 2.45. The molecule has 9 heteroatoms. The molecule has 0 saturated heterocycles. The molecule has 9 nitrogen and oxygen atoms in total. The maximum absolute atomic E-state index is 11.9. The van der Waals surface area contributed by atoms with Crippen molar-refractivity contribution in [3.8, 4) is 6.07 Å². The molecule has 112 valence electrons. The fourth-order valence-corrected chi connectivity index (χ4v) is 2.19. The Morgan fingerprint density at radius 2 is 2.23 bits per heavy atom. The van der Waals surface area contributed by atoms with E-state index in [0.717, 1.165) is 0 Å². The first-order valence-corrected chi connectivity index (χ1v) is 6.05. The Bertz CT molecular complexity index is 749. The number of benzene rings is 1. The van der Waals surface area contributed by atoms with E-state index in [2.05, 4.69) is 5.32 Å². The SMILES string of the molecule is CC1=C(C#N)C(c2cccc([N+](=O)[O-])c2)NC(=O)N1C(=O)O. The van der Waals surface area contributed by atoms with Gasteiger partial charge in [-0.15, -0.1) is 0 Å². The van der Waals surface area contributed by atoms with E-state index in [9.17, 15) is 25.0 Å². The van der Waals surface area contributed by atoms with Crippen LogP contribution in [0.3, 0.4) is 0 Å². The second-order valence-electron chi connectivity index (χ2n) is 4.46. The van der Waals surface area contributed by atoms with Gasteiger partial charge in [-0.25, -0.2) is 14.5 Å². The number of carbonyl (C=O) groups excluding carboxylic acids is 1. The Kier molecular flexibility index (Phi) is 3.77. The van der Waals surface area contributed by atoms with Crippen LogP contribution in [0.5, 0.6) is 0 Å². The van der Waals surface area contributed by atoms with Gasteiger partial charge in [-0.05, 0) is 12.5 Å². The molecule has 3 amide bonds. The van der Waals surface area contributed by atoms with Crippen LogP contribution in [-0.4, -0.2) is 27.1 Å². The monoisotopic (exact) mass is 302 g/mol. The van der Waals surface area contributed by atoms with E-state index in [1.165, 1.54) is 31.2 Å². The van der Waals surface area contributed by atoms with Crippen LogP contribution in [0.4, 0.5) is 15.3 Å². The number of hydrogen-bond acceptors (Lipinski definition) is 5. The average Bonchev–Trinajstić information content (AvgIpc) is 2.46. The zero-order valence-corrected chi connectivity index (χ0v) is 11.3. The van der Waals surface area contributed by atoms with E-state index in [1.54, 1.807) is 0 Å². The maximum atomic E-state index is 11.9. The van der Waals surface area contributed by atoms with Gasteiger partial charge >= 0.3 is 12.1 Å². The molecule has 2 rings (SSSR count). The van der Waals surface area contributed by atoms with E-state index in [4.69, 9.17) is 5.11 Å². The van der Waals surface area contributed by atoms with Crippen molar-refractivity contribution in [1.29, 1.82) is 5.26 Å². The lowest BCUT2D eigenvalue weighted by molar-refractivity contribution is -0.384. The van der Waals surface area contributed by atoms with Gasteiger partial charge in [0.1, 0.15) is 0 Å². The highest BCUT2D eigenvalue weighted by Crippen LogP contribution is 2.31. The fraction of sp³-hybridized carbons (Fsp3) is 0.154. The zero-order chi connectivity index (χ0) is 16.4. The van der Waals surface area contributed by atoms with Crippen LogP contribution in [-0.2, 0) is 0 Å². The Morgan fingerprint density at radius 3 is 2.77 bits per heavy atom. The number of nitriles is 1. The zero-order valence-electron chi connectivity index (χ0n) is 11.3. The topological polar surface area (TPSA) is 137 Å². The van der Waals surface area contributed by atoms with Gasteiger partial charge in [0.25, 0.3) is 5.69 Å². The second kappa shape index (κ2) is 5.53. The van der Waals surface area contributed by atoms with Crippen LogP contribution >= 0.6 is 0 Å². The van der Waals surface area contributed by atoms with Crippen molar-refractivity contribution in [3.63, 3.8) is 0 Å². The largest absolute Gasteiger partial charge is 0.464 e. The molecular formula is C13H10N4O5.